The van der Waals surface area contributed by atoms with Crippen LogP contribution in [-0.2, 0) is 9.59 Å². The topological polar surface area (TPSA) is 131 Å². The van der Waals surface area contributed by atoms with Gasteiger partial charge in [0.2, 0.25) is 5.91 Å². The van der Waals surface area contributed by atoms with Crippen molar-refractivity contribution in [2.24, 2.45) is 0 Å². The molecule has 10 heteroatoms. The number of amides is 3. The van der Waals surface area contributed by atoms with E-state index in [1.165, 1.54) is 11.8 Å². The summed E-state index contributed by atoms with van der Waals surface area (Å²) in [6.07, 6.45) is 1.56. The maximum atomic E-state index is 14.2. The fourth-order valence-electron chi connectivity index (χ4n) is 6.17. The number of ketones is 2. The molecule has 0 fully saturated rings. The number of hydrogen-bond acceptors (Lipinski definition) is 7. The van der Waals surface area contributed by atoms with Gasteiger partial charge in [0.25, 0.3) is 11.8 Å². The molecular formula is C45H33N3O6S. The van der Waals surface area contributed by atoms with Crippen molar-refractivity contribution in [3.63, 3.8) is 0 Å². The zero-order chi connectivity index (χ0) is 38.3. The van der Waals surface area contributed by atoms with Crippen molar-refractivity contribution in [2.45, 2.75) is 10.1 Å². The second kappa shape index (κ2) is 16.3. The molecule has 1 unspecified atom stereocenters. The van der Waals surface area contributed by atoms with Gasteiger partial charge in [-0.25, -0.2) is 0 Å². The first kappa shape index (κ1) is 36.3. The minimum Gasteiger partial charge on any atom is -0.497 e. The van der Waals surface area contributed by atoms with Crippen LogP contribution in [0.25, 0.3) is 6.08 Å². The van der Waals surface area contributed by atoms with Crippen LogP contribution < -0.4 is 20.7 Å². The standard InChI is InChI=1S/C45H33N3O6S/c1-54-32-19-10-13-28(25-32)26-38(48-43(51)30-16-6-3-7-17-30)44(52)46-31-18-11-20-33(27-31)55-42(29-14-4-2-5-15-29)45(53)47-37-24-12-23-36-39(37)41(50)35-22-9-8-21-34(35)40(36)49/h2-27,42H,1H3,(H,46,52)(H,47,53)(H,48,51)/b38-26+. The van der Waals surface area contributed by atoms with Gasteiger partial charge < -0.3 is 20.7 Å². The average molecular weight is 744 g/mol. The van der Waals surface area contributed by atoms with Gasteiger partial charge in [0, 0.05) is 32.8 Å². The molecule has 0 aromatic heterocycles. The number of nitrogens with one attached hydrogen (secondary N) is 3. The maximum absolute atomic E-state index is 14.2. The second-order valence-corrected chi connectivity index (χ2v) is 13.6. The van der Waals surface area contributed by atoms with E-state index in [1.54, 1.807) is 128 Å². The predicted molar refractivity (Wildman–Crippen MR) is 213 cm³/mol. The third-order valence-corrected chi connectivity index (χ3v) is 10.1. The molecule has 0 saturated heterocycles. The summed E-state index contributed by atoms with van der Waals surface area (Å²) in [4.78, 5) is 68.8. The number of thioether (sulfide) groups is 1. The van der Waals surface area contributed by atoms with E-state index < -0.39 is 23.0 Å². The van der Waals surface area contributed by atoms with Crippen molar-refractivity contribution in [1.82, 2.24) is 5.32 Å². The summed E-state index contributed by atoms with van der Waals surface area (Å²) in [6, 6.07) is 43.3. The number of methoxy groups -OCH3 is 1. The number of carbonyl (C=O) groups excluding carboxylic acids is 5. The highest BCUT2D eigenvalue weighted by Crippen LogP contribution is 2.39. The monoisotopic (exact) mass is 743 g/mol. The maximum Gasteiger partial charge on any atom is 0.272 e. The third kappa shape index (κ3) is 8.14. The summed E-state index contributed by atoms with van der Waals surface area (Å²) < 4.78 is 5.34. The fourth-order valence-corrected chi connectivity index (χ4v) is 7.25. The Morgan fingerprint density at radius 3 is 2.05 bits per heavy atom. The first-order chi connectivity index (χ1) is 26.8. The highest BCUT2D eigenvalue weighted by molar-refractivity contribution is 8.00. The van der Waals surface area contributed by atoms with Crippen LogP contribution in [0.15, 0.2) is 162 Å². The molecule has 0 saturated carbocycles. The molecule has 270 valence electrons. The van der Waals surface area contributed by atoms with Crippen molar-refractivity contribution in [1.29, 1.82) is 0 Å². The second-order valence-electron chi connectivity index (χ2n) is 12.5. The van der Waals surface area contributed by atoms with Crippen LogP contribution in [-0.4, -0.2) is 36.4 Å². The Kier molecular flexibility index (Phi) is 10.8. The molecule has 1 aliphatic rings. The van der Waals surface area contributed by atoms with Gasteiger partial charge in [0.15, 0.2) is 11.6 Å². The number of fused-ring (bicyclic) bond motifs is 2. The van der Waals surface area contributed by atoms with Crippen LogP contribution >= 0.6 is 11.8 Å². The molecule has 55 heavy (non-hydrogen) atoms. The van der Waals surface area contributed by atoms with Gasteiger partial charge in [0.1, 0.15) is 16.7 Å². The average Bonchev–Trinajstić information content (AvgIpc) is 3.22. The number of hydrogen-bond donors (Lipinski definition) is 3. The molecule has 7 rings (SSSR count). The summed E-state index contributed by atoms with van der Waals surface area (Å²) in [5.41, 5.74) is 3.38. The van der Waals surface area contributed by atoms with Crippen LogP contribution in [0.1, 0.15) is 58.6 Å². The third-order valence-electron chi connectivity index (χ3n) is 8.83. The summed E-state index contributed by atoms with van der Waals surface area (Å²) in [5, 5.41) is 7.77. The van der Waals surface area contributed by atoms with Gasteiger partial charge in [-0.05, 0) is 65.7 Å². The number of anilines is 2. The van der Waals surface area contributed by atoms with Gasteiger partial charge in [-0.2, -0.15) is 0 Å². The number of carbonyl (C=O) groups is 5. The Hall–Kier alpha value is -7.04. The molecule has 0 spiro atoms. The Labute approximate surface area is 321 Å². The van der Waals surface area contributed by atoms with Gasteiger partial charge >= 0.3 is 0 Å². The first-order valence-electron chi connectivity index (χ1n) is 17.3. The van der Waals surface area contributed by atoms with Crippen LogP contribution in [0.5, 0.6) is 5.75 Å². The number of benzene rings is 6. The first-order valence-corrected chi connectivity index (χ1v) is 18.1. The number of rotatable bonds is 11. The molecule has 9 nitrogen and oxygen atoms in total. The van der Waals surface area contributed by atoms with E-state index in [1.807, 2.05) is 36.4 Å². The van der Waals surface area contributed by atoms with Gasteiger partial charge in [-0.1, -0.05) is 103 Å². The fraction of sp³-hybridized carbons (Fsp3) is 0.0444. The molecule has 0 bridgehead atoms. The molecule has 3 N–H and O–H groups in total. The van der Waals surface area contributed by atoms with E-state index in [9.17, 15) is 24.0 Å². The van der Waals surface area contributed by atoms with Crippen molar-refractivity contribution in [3.05, 3.63) is 196 Å². The van der Waals surface area contributed by atoms with E-state index in [4.69, 9.17) is 4.74 Å². The molecule has 1 aliphatic carbocycles. The van der Waals surface area contributed by atoms with E-state index >= 15 is 0 Å². The quantitative estimate of drug-likeness (QED) is 0.0897. The molecule has 1 atom stereocenters. The minimum absolute atomic E-state index is 0.00328. The Morgan fingerprint density at radius 2 is 1.31 bits per heavy atom. The Morgan fingerprint density at radius 1 is 0.655 bits per heavy atom. The minimum atomic E-state index is -0.793. The smallest absolute Gasteiger partial charge is 0.272 e. The molecular weight excluding hydrogens is 711 g/mol. The van der Waals surface area contributed by atoms with Gasteiger partial charge in [-0.3, -0.25) is 24.0 Å². The van der Waals surface area contributed by atoms with E-state index in [-0.39, 0.29) is 39.6 Å². The number of ether oxygens (including phenoxy) is 1. The normalized spacial score (nSPS) is 12.5. The molecule has 0 heterocycles. The van der Waals surface area contributed by atoms with Crippen molar-refractivity contribution in [3.8, 4) is 5.75 Å². The van der Waals surface area contributed by atoms with Crippen molar-refractivity contribution < 1.29 is 28.7 Å². The zero-order valence-corrected chi connectivity index (χ0v) is 30.3. The lowest BCUT2D eigenvalue weighted by Gasteiger charge is -2.22. The van der Waals surface area contributed by atoms with E-state index in [2.05, 4.69) is 16.0 Å². The lowest BCUT2D eigenvalue weighted by atomic mass is 9.83. The summed E-state index contributed by atoms with van der Waals surface area (Å²) >= 11 is 1.25. The van der Waals surface area contributed by atoms with Crippen LogP contribution in [0.2, 0.25) is 0 Å². The van der Waals surface area contributed by atoms with Crippen molar-refractivity contribution >= 4 is 58.5 Å². The highest BCUT2D eigenvalue weighted by atomic mass is 32.2. The Balaban J connectivity index is 1.14. The molecule has 0 aliphatic heterocycles. The molecule has 6 aromatic carbocycles. The van der Waals surface area contributed by atoms with E-state index in [0.717, 1.165) is 0 Å². The molecule has 0 radical (unpaired) electrons. The van der Waals surface area contributed by atoms with Crippen LogP contribution in [0.3, 0.4) is 0 Å². The lowest BCUT2D eigenvalue weighted by Crippen LogP contribution is -2.30. The van der Waals surface area contributed by atoms with Crippen LogP contribution in [0.4, 0.5) is 11.4 Å². The predicted octanol–water partition coefficient (Wildman–Crippen LogP) is 8.35. The van der Waals surface area contributed by atoms with Crippen LogP contribution in [0, 0.1) is 0 Å². The lowest BCUT2D eigenvalue weighted by molar-refractivity contribution is -0.116. The highest BCUT2D eigenvalue weighted by Gasteiger charge is 2.33. The summed E-state index contributed by atoms with van der Waals surface area (Å²) in [6.45, 7) is 0. The van der Waals surface area contributed by atoms with E-state index in [0.29, 0.717) is 38.6 Å². The Bertz CT molecular complexity index is 2480. The SMILES string of the molecule is COc1cccc(/C=C(/NC(=O)c2ccccc2)C(=O)Nc2cccc(SC(C(=O)Nc3cccc4c3C(=O)c3ccccc3C4=O)c3ccccc3)c2)c1. The molecule has 6 aromatic rings. The zero-order valence-electron chi connectivity index (χ0n) is 29.4. The van der Waals surface area contributed by atoms with Crippen molar-refractivity contribution in [2.75, 3.05) is 17.7 Å². The largest absolute Gasteiger partial charge is 0.497 e. The van der Waals surface area contributed by atoms with Gasteiger partial charge in [-0.15, -0.1) is 11.8 Å². The van der Waals surface area contributed by atoms with Gasteiger partial charge in [0.05, 0.1) is 18.4 Å². The molecule has 3 amide bonds. The summed E-state index contributed by atoms with van der Waals surface area (Å²) in [7, 11) is 1.54. The summed E-state index contributed by atoms with van der Waals surface area (Å²) in [5.74, 6) is -1.47.